The van der Waals surface area contributed by atoms with Crippen molar-refractivity contribution in [3.63, 3.8) is 0 Å². The van der Waals surface area contributed by atoms with E-state index in [1.165, 1.54) is 16.6 Å². The average Bonchev–Trinajstić information content (AvgIpc) is 2.99. The fraction of sp³-hybridized carbons (Fsp3) is 0.286. The Balaban J connectivity index is 1.41. The van der Waals surface area contributed by atoms with E-state index in [1.807, 2.05) is 4.90 Å². The van der Waals surface area contributed by atoms with E-state index in [-0.39, 0.29) is 6.04 Å². The van der Waals surface area contributed by atoms with Crippen molar-refractivity contribution in [1.82, 2.24) is 25.0 Å². The molecule has 3 heterocycles. The highest BCUT2D eigenvalue weighted by Gasteiger charge is 2.32. The maximum Gasteiger partial charge on any atom is 0.416 e. The molecule has 0 amide bonds. The highest BCUT2D eigenvalue weighted by atomic mass is 19.4. The molecule has 3 aromatic rings. The molecule has 4 rings (SSSR count). The quantitative estimate of drug-likeness (QED) is 0.787. The summed E-state index contributed by atoms with van der Waals surface area (Å²) in [6, 6.07) is 5.30. The number of alkyl halides is 3. The predicted octanol–water partition coefficient (Wildman–Crippen LogP) is 1.84. The van der Waals surface area contributed by atoms with Gasteiger partial charge in [0.25, 0.3) is 0 Å². The average molecular weight is 335 g/mol. The van der Waals surface area contributed by atoms with Crippen molar-refractivity contribution in [2.75, 3.05) is 23.3 Å². The minimum absolute atomic E-state index is 0.127. The highest BCUT2D eigenvalue weighted by Crippen LogP contribution is 2.31. The third-order valence-electron chi connectivity index (χ3n) is 3.90. The molecule has 0 saturated carbocycles. The van der Waals surface area contributed by atoms with E-state index in [9.17, 15) is 13.2 Å². The van der Waals surface area contributed by atoms with E-state index < -0.39 is 11.7 Å². The standard InChI is InChI=1S/C14H12F3N7/c15-14(16,17)9-1-3-11(4-2-9)23-7-10(8-23)19-12-13-20-21-22-24(13)6-5-18-12/h1-6,10H,7-8H2,(H,18,19). The van der Waals surface area contributed by atoms with Crippen LogP contribution in [0.3, 0.4) is 0 Å². The first-order valence-electron chi connectivity index (χ1n) is 7.22. The first kappa shape index (κ1) is 14.7. The number of tetrazole rings is 1. The summed E-state index contributed by atoms with van der Waals surface area (Å²) in [6.45, 7) is 1.32. The number of nitrogens with one attached hydrogen (secondary N) is 1. The largest absolute Gasteiger partial charge is 0.416 e. The number of hydrogen-bond acceptors (Lipinski definition) is 6. The van der Waals surface area contributed by atoms with Crippen molar-refractivity contribution < 1.29 is 13.2 Å². The lowest BCUT2D eigenvalue weighted by Crippen LogP contribution is -2.55. The van der Waals surface area contributed by atoms with Gasteiger partial charge in [0, 0.05) is 25.0 Å². The summed E-state index contributed by atoms with van der Waals surface area (Å²) in [7, 11) is 0. The second-order valence-electron chi connectivity index (χ2n) is 5.51. The van der Waals surface area contributed by atoms with Gasteiger partial charge in [0.2, 0.25) is 5.65 Å². The van der Waals surface area contributed by atoms with Gasteiger partial charge >= 0.3 is 6.18 Å². The van der Waals surface area contributed by atoms with Gasteiger partial charge in [-0.25, -0.2) is 4.98 Å². The first-order chi connectivity index (χ1) is 11.5. The summed E-state index contributed by atoms with van der Waals surface area (Å²) in [5, 5.41) is 14.5. The fourth-order valence-electron chi connectivity index (χ4n) is 2.62. The number of benzene rings is 1. The molecule has 1 saturated heterocycles. The van der Waals surface area contributed by atoms with Crippen molar-refractivity contribution in [2.24, 2.45) is 0 Å². The van der Waals surface area contributed by atoms with Crippen molar-refractivity contribution in [3.8, 4) is 0 Å². The van der Waals surface area contributed by atoms with Gasteiger partial charge in [0.1, 0.15) is 0 Å². The van der Waals surface area contributed by atoms with E-state index in [0.717, 1.165) is 17.8 Å². The van der Waals surface area contributed by atoms with Gasteiger partial charge < -0.3 is 10.2 Å². The lowest BCUT2D eigenvalue weighted by atomic mass is 10.1. The predicted molar refractivity (Wildman–Crippen MR) is 79.6 cm³/mol. The molecule has 0 atom stereocenters. The fourth-order valence-corrected chi connectivity index (χ4v) is 2.62. The minimum Gasteiger partial charge on any atom is -0.367 e. The third-order valence-corrected chi connectivity index (χ3v) is 3.90. The third kappa shape index (κ3) is 2.59. The van der Waals surface area contributed by atoms with Crippen LogP contribution >= 0.6 is 0 Å². The molecular weight excluding hydrogens is 323 g/mol. The Kier molecular flexibility index (Phi) is 3.25. The lowest BCUT2D eigenvalue weighted by molar-refractivity contribution is -0.137. The number of fused-ring (bicyclic) bond motifs is 1. The van der Waals surface area contributed by atoms with Gasteiger partial charge in [-0.05, 0) is 34.7 Å². The second kappa shape index (κ2) is 5.32. The first-order valence-corrected chi connectivity index (χ1v) is 7.22. The van der Waals surface area contributed by atoms with Crippen LogP contribution in [0.25, 0.3) is 5.65 Å². The molecule has 124 valence electrons. The maximum atomic E-state index is 12.6. The SMILES string of the molecule is FC(F)(F)c1ccc(N2CC(Nc3nccn4nnnc34)C2)cc1. The molecule has 1 fully saturated rings. The zero-order valence-electron chi connectivity index (χ0n) is 12.3. The lowest BCUT2D eigenvalue weighted by Gasteiger charge is -2.41. The monoisotopic (exact) mass is 335 g/mol. The van der Waals surface area contributed by atoms with Gasteiger partial charge in [-0.3, -0.25) is 0 Å². The molecule has 24 heavy (non-hydrogen) atoms. The topological polar surface area (TPSA) is 71.2 Å². The molecule has 7 nitrogen and oxygen atoms in total. The molecule has 2 aromatic heterocycles. The Morgan fingerprint density at radius 3 is 2.58 bits per heavy atom. The van der Waals surface area contributed by atoms with Crippen molar-refractivity contribution in [2.45, 2.75) is 12.2 Å². The van der Waals surface area contributed by atoms with Crippen molar-refractivity contribution in [1.29, 1.82) is 0 Å². The molecule has 0 bridgehead atoms. The van der Waals surface area contributed by atoms with E-state index in [2.05, 4.69) is 25.8 Å². The van der Waals surface area contributed by atoms with E-state index in [4.69, 9.17) is 0 Å². The number of aromatic nitrogens is 5. The van der Waals surface area contributed by atoms with Crippen LogP contribution in [0.1, 0.15) is 5.56 Å². The van der Waals surface area contributed by atoms with Crippen LogP contribution in [0.5, 0.6) is 0 Å². The summed E-state index contributed by atoms with van der Waals surface area (Å²) < 4.78 is 39.2. The van der Waals surface area contributed by atoms with E-state index in [0.29, 0.717) is 24.6 Å². The van der Waals surface area contributed by atoms with Crippen LogP contribution in [-0.2, 0) is 6.18 Å². The molecule has 0 radical (unpaired) electrons. The van der Waals surface area contributed by atoms with Crippen molar-refractivity contribution >= 4 is 17.2 Å². The molecular formula is C14H12F3N7. The number of nitrogens with zero attached hydrogens (tertiary/aromatic N) is 6. The van der Waals surface area contributed by atoms with Crippen LogP contribution < -0.4 is 10.2 Å². The van der Waals surface area contributed by atoms with Gasteiger partial charge in [-0.1, -0.05) is 0 Å². The maximum absolute atomic E-state index is 12.6. The van der Waals surface area contributed by atoms with Crippen LogP contribution in [0.4, 0.5) is 24.7 Å². The van der Waals surface area contributed by atoms with Crippen LogP contribution in [0.2, 0.25) is 0 Å². The smallest absolute Gasteiger partial charge is 0.367 e. The van der Waals surface area contributed by atoms with E-state index >= 15 is 0 Å². The number of hydrogen-bond donors (Lipinski definition) is 1. The van der Waals surface area contributed by atoms with Gasteiger partial charge in [-0.2, -0.15) is 17.7 Å². The normalized spacial score (nSPS) is 15.5. The van der Waals surface area contributed by atoms with Crippen LogP contribution in [-0.4, -0.2) is 44.2 Å². The van der Waals surface area contributed by atoms with E-state index in [1.54, 1.807) is 12.4 Å². The number of anilines is 2. The van der Waals surface area contributed by atoms with Gasteiger partial charge in [0.05, 0.1) is 17.8 Å². The molecule has 1 aliphatic rings. The molecule has 10 heteroatoms. The molecule has 0 unspecified atom stereocenters. The summed E-state index contributed by atoms with van der Waals surface area (Å²) >= 11 is 0. The summed E-state index contributed by atoms with van der Waals surface area (Å²) in [5.41, 5.74) is 0.651. The van der Waals surface area contributed by atoms with Crippen molar-refractivity contribution in [3.05, 3.63) is 42.2 Å². The summed E-state index contributed by atoms with van der Waals surface area (Å²) in [6.07, 6.45) is -1.07. The zero-order chi connectivity index (χ0) is 16.7. The Morgan fingerprint density at radius 1 is 1.12 bits per heavy atom. The second-order valence-corrected chi connectivity index (χ2v) is 5.51. The highest BCUT2D eigenvalue weighted by molar-refractivity contribution is 5.62. The Bertz CT molecular complexity index is 853. The van der Waals surface area contributed by atoms with Gasteiger partial charge in [-0.15, -0.1) is 5.10 Å². The summed E-state index contributed by atoms with van der Waals surface area (Å²) in [5.74, 6) is 0.583. The molecule has 1 aliphatic heterocycles. The molecule has 1 aromatic carbocycles. The number of halogens is 3. The Morgan fingerprint density at radius 2 is 1.88 bits per heavy atom. The molecule has 0 spiro atoms. The van der Waals surface area contributed by atoms with Crippen LogP contribution in [0, 0.1) is 0 Å². The van der Waals surface area contributed by atoms with Gasteiger partial charge in [0.15, 0.2) is 5.82 Å². The number of rotatable bonds is 3. The Hall–Kier alpha value is -2.91. The minimum atomic E-state index is -4.31. The molecule has 1 N–H and O–H groups in total. The molecule has 0 aliphatic carbocycles. The Labute approximate surface area is 134 Å². The summed E-state index contributed by atoms with van der Waals surface area (Å²) in [4.78, 5) is 6.21. The van der Waals surface area contributed by atoms with Crippen LogP contribution in [0.15, 0.2) is 36.7 Å². The zero-order valence-corrected chi connectivity index (χ0v) is 12.3.